The monoisotopic (exact) mass is 277 g/mol. The third-order valence-electron chi connectivity index (χ3n) is 4.16. The third kappa shape index (κ3) is 2.98. The van der Waals surface area contributed by atoms with Crippen LogP contribution < -0.4 is 5.32 Å². The van der Waals surface area contributed by atoms with Crippen molar-refractivity contribution in [2.75, 3.05) is 19.6 Å². The zero-order chi connectivity index (χ0) is 13.9. The number of hydrogen-bond donors (Lipinski definition) is 1. The molecule has 2 heterocycles. The van der Waals surface area contributed by atoms with Crippen molar-refractivity contribution in [1.82, 2.24) is 15.2 Å². The summed E-state index contributed by atoms with van der Waals surface area (Å²) in [7, 11) is 0. The van der Waals surface area contributed by atoms with Crippen molar-refractivity contribution in [3.8, 4) is 0 Å². The minimum absolute atomic E-state index is 0.154. The largest absolute Gasteiger partial charge is 0.335 e. The maximum Gasteiger partial charge on any atom is 0.257 e. The minimum atomic E-state index is -0.520. The number of halogens is 1. The molecule has 2 aliphatic rings. The maximum atomic E-state index is 13.7. The number of hydrogen-bond acceptors (Lipinski definition) is 3. The second kappa shape index (κ2) is 5.87. The molecule has 4 nitrogen and oxygen atoms in total. The number of nitrogens with zero attached hydrogens (tertiary/aromatic N) is 2. The predicted molar refractivity (Wildman–Crippen MR) is 73.8 cm³/mol. The Balaban J connectivity index is 1.73. The quantitative estimate of drug-likeness (QED) is 0.913. The lowest BCUT2D eigenvalue weighted by Crippen LogP contribution is -2.40. The van der Waals surface area contributed by atoms with E-state index >= 15 is 0 Å². The molecule has 1 N–H and O–H groups in total. The standard InChI is InChI=1S/C15H20FN3O/c16-14-9-18-8-5-13(14)15(20)19(12-1-2-12)10-11-3-6-17-7-4-11/h5,8-9,11-12,17H,1-4,6-7,10H2. The third-order valence-corrected chi connectivity index (χ3v) is 4.16. The summed E-state index contributed by atoms with van der Waals surface area (Å²) in [5.74, 6) is -0.162. The maximum absolute atomic E-state index is 13.7. The minimum Gasteiger partial charge on any atom is -0.335 e. The van der Waals surface area contributed by atoms with Crippen molar-refractivity contribution in [3.05, 3.63) is 29.8 Å². The van der Waals surface area contributed by atoms with Gasteiger partial charge in [-0.2, -0.15) is 0 Å². The normalized spacial score (nSPS) is 19.9. The Morgan fingerprint density at radius 3 is 2.75 bits per heavy atom. The van der Waals surface area contributed by atoms with E-state index in [0.717, 1.165) is 51.5 Å². The Labute approximate surface area is 118 Å². The van der Waals surface area contributed by atoms with E-state index in [1.807, 2.05) is 4.90 Å². The van der Waals surface area contributed by atoms with Crippen molar-refractivity contribution >= 4 is 5.91 Å². The topological polar surface area (TPSA) is 45.2 Å². The summed E-state index contributed by atoms with van der Waals surface area (Å²) in [5.41, 5.74) is 0.154. The smallest absolute Gasteiger partial charge is 0.257 e. The number of pyridine rings is 1. The lowest BCUT2D eigenvalue weighted by atomic mass is 9.97. The van der Waals surface area contributed by atoms with Gasteiger partial charge in [0.2, 0.25) is 0 Å². The van der Waals surface area contributed by atoms with Crippen LogP contribution in [0.1, 0.15) is 36.0 Å². The first-order chi connectivity index (χ1) is 9.75. The van der Waals surface area contributed by atoms with Crippen LogP contribution in [0.25, 0.3) is 0 Å². The number of aromatic nitrogens is 1. The number of nitrogens with one attached hydrogen (secondary N) is 1. The van der Waals surface area contributed by atoms with E-state index in [0.29, 0.717) is 12.0 Å². The molecule has 5 heteroatoms. The predicted octanol–water partition coefficient (Wildman–Crippen LogP) is 1.82. The van der Waals surface area contributed by atoms with E-state index in [9.17, 15) is 9.18 Å². The fourth-order valence-corrected chi connectivity index (χ4v) is 2.83. The highest BCUT2D eigenvalue weighted by Crippen LogP contribution is 2.30. The molecule has 1 aromatic heterocycles. The van der Waals surface area contributed by atoms with Gasteiger partial charge in [-0.1, -0.05) is 0 Å². The molecule has 1 aromatic rings. The Morgan fingerprint density at radius 2 is 2.10 bits per heavy atom. The Hall–Kier alpha value is -1.49. The molecule has 1 aliphatic heterocycles. The van der Waals surface area contributed by atoms with Gasteiger partial charge in [-0.3, -0.25) is 9.78 Å². The molecular weight excluding hydrogens is 257 g/mol. The van der Waals surface area contributed by atoms with Crippen LogP contribution in [0, 0.1) is 11.7 Å². The SMILES string of the molecule is O=C(c1ccncc1F)N(CC1CCNCC1)C1CC1. The highest BCUT2D eigenvalue weighted by molar-refractivity contribution is 5.94. The van der Waals surface area contributed by atoms with Gasteiger partial charge in [0.1, 0.15) is 0 Å². The van der Waals surface area contributed by atoms with E-state index in [4.69, 9.17) is 0 Å². The summed E-state index contributed by atoms with van der Waals surface area (Å²) in [4.78, 5) is 18.2. The molecule has 20 heavy (non-hydrogen) atoms. The average molecular weight is 277 g/mol. The molecule has 0 atom stereocenters. The lowest BCUT2D eigenvalue weighted by molar-refractivity contribution is 0.0696. The first-order valence-corrected chi connectivity index (χ1v) is 7.37. The van der Waals surface area contributed by atoms with Gasteiger partial charge in [0, 0.05) is 18.8 Å². The van der Waals surface area contributed by atoms with Gasteiger partial charge < -0.3 is 10.2 Å². The van der Waals surface area contributed by atoms with Gasteiger partial charge in [-0.25, -0.2) is 4.39 Å². The fraction of sp³-hybridized carbons (Fsp3) is 0.600. The molecular formula is C15H20FN3O. The highest BCUT2D eigenvalue weighted by Gasteiger charge is 2.35. The fourth-order valence-electron chi connectivity index (χ4n) is 2.83. The van der Waals surface area contributed by atoms with E-state index in [1.165, 1.54) is 12.3 Å². The average Bonchev–Trinajstić information content (AvgIpc) is 3.30. The molecule has 0 unspecified atom stereocenters. The van der Waals surface area contributed by atoms with Crippen LogP contribution >= 0.6 is 0 Å². The molecule has 0 bridgehead atoms. The summed E-state index contributed by atoms with van der Waals surface area (Å²) >= 11 is 0. The molecule has 0 radical (unpaired) electrons. The van der Waals surface area contributed by atoms with Gasteiger partial charge >= 0.3 is 0 Å². The van der Waals surface area contributed by atoms with Gasteiger partial charge in [0.05, 0.1) is 11.8 Å². The molecule has 0 spiro atoms. The zero-order valence-corrected chi connectivity index (χ0v) is 11.5. The second-order valence-corrected chi connectivity index (χ2v) is 5.74. The van der Waals surface area contributed by atoms with Gasteiger partial charge in [-0.15, -0.1) is 0 Å². The lowest BCUT2D eigenvalue weighted by Gasteiger charge is -2.30. The number of piperidine rings is 1. The summed E-state index contributed by atoms with van der Waals surface area (Å²) in [6.45, 7) is 2.79. The molecule has 108 valence electrons. The van der Waals surface area contributed by atoms with Gasteiger partial charge in [0.25, 0.3) is 5.91 Å². The molecule has 1 saturated heterocycles. The van der Waals surface area contributed by atoms with Crippen molar-refractivity contribution in [3.63, 3.8) is 0 Å². The Bertz CT molecular complexity index is 484. The van der Waals surface area contributed by atoms with Crippen molar-refractivity contribution in [2.45, 2.75) is 31.7 Å². The van der Waals surface area contributed by atoms with Crippen molar-refractivity contribution in [2.24, 2.45) is 5.92 Å². The second-order valence-electron chi connectivity index (χ2n) is 5.74. The molecule has 1 amide bonds. The molecule has 3 rings (SSSR count). The molecule has 1 saturated carbocycles. The van der Waals surface area contributed by atoms with Crippen LogP contribution in [0.4, 0.5) is 4.39 Å². The highest BCUT2D eigenvalue weighted by atomic mass is 19.1. The van der Waals surface area contributed by atoms with E-state index < -0.39 is 5.82 Å². The van der Waals surface area contributed by atoms with Crippen LogP contribution in [0.2, 0.25) is 0 Å². The molecule has 1 aliphatic carbocycles. The van der Waals surface area contributed by atoms with Gasteiger partial charge in [-0.05, 0) is 50.8 Å². The van der Waals surface area contributed by atoms with E-state index in [1.54, 1.807) is 0 Å². The Morgan fingerprint density at radius 1 is 1.35 bits per heavy atom. The molecule has 2 fully saturated rings. The first-order valence-electron chi connectivity index (χ1n) is 7.37. The summed E-state index contributed by atoms with van der Waals surface area (Å²) in [6.07, 6.45) is 6.87. The van der Waals surface area contributed by atoms with Crippen LogP contribution in [0.5, 0.6) is 0 Å². The number of carbonyl (C=O) groups excluding carboxylic acids is 1. The van der Waals surface area contributed by atoms with Crippen molar-refractivity contribution in [1.29, 1.82) is 0 Å². The summed E-state index contributed by atoms with van der Waals surface area (Å²) in [6, 6.07) is 1.79. The van der Waals surface area contributed by atoms with Crippen molar-refractivity contribution < 1.29 is 9.18 Å². The van der Waals surface area contributed by atoms with Crippen LogP contribution in [0.15, 0.2) is 18.5 Å². The number of amides is 1. The van der Waals surface area contributed by atoms with Crippen LogP contribution in [0.3, 0.4) is 0 Å². The van der Waals surface area contributed by atoms with E-state index in [2.05, 4.69) is 10.3 Å². The summed E-state index contributed by atoms with van der Waals surface area (Å²) < 4.78 is 13.7. The number of carbonyl (C=O) groups is 1. The number of rotatable bonds is 4. The summed E-state index contributed by atoms with van der Waals surface area (Å²) in [5, 5.41) is 3.33. The Kier molecular flexibility index (Phi) is 3.96. The molecule has 0 aromatic carbocycles. The van der Waals surface area contributed by atoms with Crippen LogP contribution in [-0.2, 0) is 0 Å². The van der Waals surface area contributed by atoms with Gasteiger partial charge in [0.15, 0.2) is 5.82 Å². The first kappa shape index (κ1) is 13.5. The van der Waals surface area contributed by atoms with Crippen LogP contribution in [-0.4, -0.2) is 41.5 Å². The van der Waals surface area contributed by atoms with E-state index in [-0.39, 0.29) is 11.5 Å². The zero-order valence-electron chi connectivity index (χ0n) is 11.5.